The van der Waals surface area contributed by atoms with Crippen LogP contribution in [0.15, 0.2) is 54.7 Å². The van der Waals surface area contributed by atoms with Crippen LogP contribution >= 0.6 is 0 Å². The maximum absolute atomic E-state index is 12.1. The number of aromatic amines is 1. The molecular formula is C17H13F3N2O2. The zero-order valence-corrected chi connectivity index (χ0v) is 12.4. The summed E-state index contributed by atoms with van der Waals surface area (Å²) in [6.45, 7) is 0.320. The van der Waals surface area contributed by atoms with E-state index in [2.05, 4.69) is 15.0 Å². The van der Waals surface area contributed by atoms with Gasteiger partial charge in [0.25, 0.3) is 5.91 Å². The number of benzene rings is 2. The Kier molecular flexibility index (Phi) is 4.16. The molecule has 0 unspecified atom stereocenters. The predicted octanol–water partition coefficient (Wildman–Crippen LogP) is 4.00. The number of aromatic nitrogens is 1. The lowest BCUT2D eigenvalue weighted by atomic mass is 10.1. The number of hydrogen-bond acceptors (Lipinski definition) is 2. The summed E-state index contributed by atoms with van der Waals surface area (Å²) in [5, 5.41) is 3.77. The number of ether oxygens (including phenoxy) is 1. The molecule has 0 spiro atoms. The maximum Gasteiger partial charge on any atom is 0.573 e. The Hall–Kier alpha value is -2.96. The molecule has 0 atom stereocenters. The van der Waals surface area contributed by atoms with Crippen molar-refractivity contribution in [3.8, 4) is 5.75 Å². The molecule has 0 radical (unpaired) electrons. The second-order valence-electron chi connectivity index (χ2n) is 5.15. The van der Waals surface area contributed by atoms with Gasteiger partial charge in [0.05, 0.1) is 0 Å². The van der Waals surface area contributed by atoms with E-state index in [4.69, 9.17) is 0 Å². The molecule has 3 aromatic rings. The molecule has 0 aliphatic rings. The second-order valence-corrected chi connectivity index (χ2v) is 5.15. The van der Waals surface area contributed by atoms with E-state index in [1.165, 1.54) is 12.1 Å². The summed E-state index contributed by atoms with van der Waals surface area (Å²) in [5.74, 6) is -0.736. The zero-order valence-electron chi connectivity index (χ0n) is 12.4. The van der Waals surface area contributed by atoms with Gasteiger partial charge in [-0.1, -0.05) is 6.07 Å². The molecule has 1 aromatic heterocycles. The summed E-state index contributed by atoms with van der Waals surface area (Å²) in [6.07, 6.45) is -2.92. The fourth-order valence-electron chi connectivity index (χ4n) is 2.31. The van der Waals surface area contributed by atoms with Gasteiger partial charge in [-0.2, -0.15) is 0 Å². The number of amides is 1. The van der Waals surface area contributed by atoms with Gasteiger partial charge in [-0.15, -0.1) is 13.2 Å². The van der Waals surface area contributed by atoms with Gasteiger partial charge in [0.2, 0.25) is 0 Å². The summed E-state index contributed by atoms with van der Waals surface area (Å²) < 4.78 is 40.0. The Morgan fingerprint density at radius 2 is 1.83 bits per heavy atom. The highest BCUT2D eigenvalue weighted by Crippen LogP contribution is 2.22. The number of fused-ring (bicyclic) bond motifs is 1. The lowest BCUT2D eigenvalue weighted by molar-refractivity contribution is -0.274. The van der Waals surface area contributed by atoms with Crippen molar-refractivity contribution < 1.29 is 22.7 Å². The number of carbonyl (C=O) groups is 1. The van der Waals surface area contributed by atoms with Gasteiger partial charge in [0, 0.05) is 23.8 Å². The third-order valence-electron chi connectivity index (χ3n) is 3.42. The molecule has 0 aliphatic carbocycles. The minimum Gasteiger partial charge on any atom is -0.406 e. The Labute approximate surface area is 135 Å². The van der Waals surface area contributed by atoms with Gasteiger partial charge < -0.3 is 15.0 Å². The standard InChI is InChI=1S/C17H13F3N2O2/c18-17(19,20)24-14-4-2-12(3-5-14)16(23)22-10-11-1-6-15-13(9-11)7-8-21-15/h1-9,21H,10H2,(H,22,23). The van der Waals surface area contributed by atoms with Crippen molar-refractivity contribution in [2.24, 2.45) is 0 Å². The van der Waals surface area contributed by atoms with E-state index in [0.29, 0.717) is 6.54 Å². The number of nitrogens with one attached hydrogen (secondary N) is 2. The lowest BCUT2D eigenvalue weighted by Gasteiger charge is -2.09. The molecular weight excluding hydrogens is 321 g/mol. The topological polar surface area (TPSA) is 54.1 Å². The zero-order chi connectivity index (χ0) is 17.2. The highest BCUT2D eigenvalue weighted by atomic mass is 19.4. The van der Waals surface area contributed by atoms with Crippen LogP contribution in [0.25, 0.3) is 10.9 Å². The van der Waals surface area contributed by atoms with Crippen LogP contribution in [0.2, 0.25) is 0 Å². The van der Waals surface area contributed by atoms with Crippen LogP contribution in [-0.2, 0) is 6.54 Å². The highest BCUT2D eigenvalue weighted by Gasteiger charge is 2.31. The van der Waals surface area contributed by atoms with Crippen LogP contribution in [0.1, 0.15) is 15.9 Å². The first-order chi connectivity index (χ1) is 11.4. The summed E-state index contributed by atoms with van der Waals surface area (Å²) >= 11 is 0. The SMILES string of the molecule is O=C(NCc1ccc2[nH]ccc2c1)c1ccc(OC(F)(F)F)cc1. The van der Waals surface area contributed by atoms with E-state index in [1.54, 1.807) is 0 Å². The number of halogens is 3. The molecule has 7 heteroatoms. The first-order valence-electron chi connectivity index (χ1n) is 7.11. The van der Waals surface area contributed by atoms with E-state index in [1.807, 2.05) is 30.5 Å². The number of rotatable bonds is 4. The fourth-order valence-corrected chi connectivity index (χ4v) is 2.31. The Morgan fingerprint density at radius 3 is 2.54 bits per heavy atom. The van der Waals surface area contributed by atoms with Crippen molar-refractivity contribution in [2.45, 2.75) is 12.9 Å². The number of H-pyrrole nitrogens is 1. The average Bonchev–Trinajstić information content (AvgIpc) is 2.99. The third-order valence-corrected chi connectivity index (χ3v) is 3.42. The van der Waals surface area contributed by atoms with E-state index in [-0.39, 0.29) is 17.2 Å². The first-order valence-corrected chi connectivity index (χ1v) is 7.11. The molecule has 0 saturated carbocycles. The van der Waals surface area contributed by atoms with Crippen molar-refractivity contribution in [1.82, 2.24) is 10.3 Å². The predicted molar refractivity (Wildman–Crippen MR) is 82.6 cm³/mol. The van der Waals surface area contributed by atoms with Crippen molar-refractivity contribution in [3.63, 3.8) is 0 Å². The van der Waals surface area contributed by atoms with Gasteiger partial charge in [-0.3, -0.25) is 4.79 Å². The normalized spacial score (nSPS) is 11.5. The molecule has 3 rings (SSSR count). The molecule has 124 valence electrons. The number of hydrogen-bond donors (Lipinski definition) is 2. The molecule has 1 amide bonds. The van der Waals surface area contributed by atoms with Crippen molar-refractivity contribution in [1.29, 1.82) is 0 Å². The van der Waals surface area contributed by atoms with E-state index >= 15 is 0 Å². The molecule has 0 fully saturated rings. The summed E-state index contributed by atoms with van der Waals surface area (Å²) in [4.78, 5) is 15.1. The van der Waals surface area contributed by atoms with E-state index < -0.39 is 6.36 Å². The van der Waals surface area contributed by atoms with Crippen LogP contribution < -0.4 is 10.1 Å². The lowest BCUT2D eigenvalue weighted by Crippen LogP contribution is -2.22. The molecule has 4 nitrogen and oxygen atoms in total. The molecule has 24 heavy (non-hydrogen) atoms. The monoisotopic (exact) mass is 334 g/mol. The quantitative estimate of drug-likeness (QED) is 0.758. The van der Waals surface area contributed by atoms with Crippen molar-refractivity contribution in [2.75, 3.05) is 0 Å². The van der Waals surface area contributed by atoms with Gasteiger partial charge >= 0.3 is 6.36 Å². The van der Waals surface area contributed by atoms with Crippen molar-refractivity contribution >= 4 is 16.8 Å². The van der Waals surface area contributed by atoms with Crippen LogP contribution in [-0.4, -0.2) is 17.3 Å². The summed E-state index contributed by atoms with van der Waals surface area (Å²) in [7, 11) is 0. The summed E-state index contributed by atoms with van der Waals surface area (Å²) in [5.41, 5.74) is 2.19. The highest BCUT2D eigenvalue weighted by molar-refractivity contribution is 5.94. The summed E-state index contributed by atoms with van der Waals surface area (Å²) in [6, 6.07) is 12.5. The van der Waals surface area contributed by atoms with Gasteiger partial charge in [-0.05, 0) is 53.4 Å². The van der Waals surface area contributed by atoms with Gasteiger partial charge in [0.15, 0.2) is 0 Å². The second kappa shape index (κ2) is 6.27. The first kappa shape index (κ1) is 15.9. The van der Waals surface area contributed by atoms with Gasteiger partial charge in [0.1, 0.15) is 5.75 Å². The maximum atomic E-state index is 12.1. The van der Waals surface area contributed by atoms with Crippen LogP contribution in [0, 0.1) is 0 Å². The fraction of sp³-hybridized carbons (Fsp3) is 0.118. The third kappa shape index (κ3) is 3.87. The molecule has 2 N–H and O–H groups in total. The van der Waals surface area contributed by atoms with Crippen LogP contribution in [0.5, 0.6) is 5.75 Å². The van der Waals surface area contributed by atoms with E-state index in [9.17, 15) is 18.0 Å². The molecule has 1 heterocycles. The molecule has 2 aromatic carbocycles. The molecule has 0 saturated heterocycles. The van der Waals surface area contributed by atoms with E-state index in [0.717, 1.165) is 28.6 Å². The van der Waals surface area contributed by atoms with Gasteiger partial charge in [-0.25, -0.2) is 0 Å². The molecule has 0 bridgehead atoms. The van der Waals surface area contributed by atoms with Crippen LogP contribution in [0.4, 0.5) is 13.2 Å². The van der Waals surface area contributed by atoms with Crippen molar-refractivity contribution in [3.05, 3.63) is 65.9 Å². The Bertz CT molecular complexity index is 854. The number of alkyl halides is 3. The Balaban J connectivity index is 1.62. The smallest absolute Gasteiger partial charge is 0.406 e. The largest absolute Gasteiger partial charge is 0.573 e. The minimum absolute atomic E-state index is 0.257. The molecule has 0 aliphatic heterocycles. The van der Waals surface area contributed by atoms with Crippen LogP contribution in [0.3, 0.4) is 0 Å². The number of carbonyl (C=O) groups excluding carboxylic acids is 1. The minimum atomic E-state index is -4.75. The average molecular weight is 334 g/mol. The Morgan fingerprint density at radius 1 is 1.08 bits per heavy atom.